The van der Waals surface area contributed by atoms with Crippen molar-refractivity contribution < 1.29 is 4.79 Å². The van der Waals surface area contributed by atoms with Crippen LogP contribution in [0.25, 0.3) is 38.4 Å². The molecule has 0 N–H and O–H groups in total. The fraction of sp³-hybridized carbons (Fsp3) is 0.182. The number of para-hydroxylation sites is 2. The van der Waals surface area contributed by atoms with Crippen molar-refractivity contribution in [3.05, 3.63) is 112 Å². The number of carbonyl (C=O) groups is 1. The SMILES string of the molecule is CCn1c2ccccc2c2cc(-n3c(SCC(=O)c4ccc(C(C)C)cc4)nc4ccccc4c3=O)ccc21. The van der Waals surface area contributed by atoms with Gasteiger partial charge in [0.05, 0.1) is 22.3 Å². The number of aryl methyl sites for hydroxylation is 1. The van der Waals surface area contributed by atoms with E-state index in [2.05, 4.69) is 49.6 Å². The van der Waals surface area contributed by atoms with Crippen molar-refractivity contribution >= 4 is 50.3 Å². The van der Waals surface area contributed by atoms with Crippen molar-refractivity contribution in [1.29, 1.82) is 0 Å². The number of thioether (sulfide) groups is 1. The molecule has 0 bridgehead atoms. The molecule has 0 fully saturated rings. The van der Waals surface area contributed by atoms with E-state index < -0.39 is 0 Å². The number of rotatable bonds is 7. The third-order valence-electron chi connectivity index (χ3n) is 7.31. The summed E-state index contributed by atoms with van der Waals surface area (Å²) in [5, 5.41) is 3.28. The Bertz CT molecular complexity index is 1920. The standard InChI is InChI=1S/C33H29N3O2S/c1-4-35-29-12-8-6-9-25(29)27-19-24(17-18-30(27)35)36-32(38)26-10-5-7-11-28(26)34-33(36)39-20-31(37)23-15-13-22(14-16-23)21(2)3/h5-19,21H,4,20H2,1-3H3. The second-order valence-corrected chi connectivity index (χ2v) is 10.9. The van der Waals surface area contributed by atoms with Gasteiger partial charge in [0.15, 0.2) is 10.9 Å². The quantitative estimate of drug-likeness (QED) is 0.121. The Labute approximate surface area is 231 Å². The van der Waals surface area contributed by atoms with Crippen LogP contribution in [-0.4, -0.2) is 25.7 Å². The molecular formula is C33H29N3O2S. The van der Waals surface area contributed by atoms with Crippen LogP contribution in [0.2, 0.25) is 0 Å². The molecular weight excluding hydrogens is 502 g/mol. The molecule has 0 saturated carbocycles. The molecule has 0 atom stereocenters. The summed E-state index contributed by atoms with van der Waals surface area (Å²) in [7, 11) is 0. The van der Waals surface area contributed by atoms with Crippen molar-refractivity contribution in [3.63, 3.8) is 0 Å². The Hall–Kier alpha value is -4.16. The lowest BCUT2D eigenvalue weighted by atomic mass is 10.0. The molecule has 194 valence electrons. The van der Waals surface area contributed by atoms with Crippen LogP contribution in [0.5, 0.6) is 0 Å². The number of aromatic nitrogens is 3. The van der Waals surface area contributed by atoms with E-state index >= 15 is 0 Å². The summed E-state index contributed by atoms with van der Waals surface area (Å²) in [6.45, 7) is 7.26. The summed E-state index contributed by atoms with van der Waals surface area (Å²) in [6, 6.07) is 29.6. The van der Waals surface area contributed by atoms with E-state index in [0.29, 0.717) is 27.5 Å². The van der Waals surface area contributed by atoms with Crippen molar-refractivity contribution in [2.24, 2.45) is 0 Å². The fourth-order valence-electron chi connectivity index (χ4n) is 5.23. The summed E-state index contributed by atoms with van der Waals surface area (Å²) < 4.78 is 3.94. The van der Waals surface area contributed by atoms with E-state index in [0.717, 1.165) is 28.5 Å². The summed E-state index contributed by atoms with van der Waals surface area (Å²) in [6.07, 6.45) is 0. The van der Waals surface area contributed by atoms with E-state index in [9.17, 15) is 9.59 Å². The van der Waals surface area contributed by atoms with E-state index in [1.54, 1.807) is 10.6 Å². The molecule has 0 spiro atoms. The van der Waals surface area contributed by atoms with Gasteiger partial charge in [0.25, 0.3) is 5.56 Å². The van der Waals surface area contributed by atoms with Gasteiger partial charge in [0, 0.05) is 33.9 Å². The van der Waals surface area contributed by atoms with Crippen molar-refractivity contribution in [2.75, 3.05) is 5.75 Å². The number of nitrogens with zero attached hydrogens (tertiary/aromatic N) is 3. The van der Waals surface area contributed by atoms with Crippen molar-refractivity contribution in [2.45, 2.75) is 38.4 Å². The van der Waals surface area contributed by atoms with Crippen molar-refractivity contribution in [3.8, 4) is 5.69 Å². The molecule has 0 radical (unpaired) electrons. The molecule has 0 aliphatic carbocycles. The summed E-state index contributed by atoms with van der Waals surface area (Å²) in [5.41, 5.74) is 5.37. The van der Waals surface area contributed by atoms with Crippen LogP contribution in [0.4, 0.5) is 0 Å². The van der Waals surface area contributed by atoms with Crippen LogP contribution in [0.3, 0.4) is 0 Å². The highest BCUT2D eigenvalue weighted by Crippen LogP contribution is 2.32. The monoisotopic (exact) mass is 531 g/mol. The largest absolute Gasteiger partial charge is 0.341 e. The molecule has 6 rings (SSSR count). The first-order valence-electron chi connectivity index (χ1n) is 13.3. The number of fused-ring (bicyclic) bond motifs is 4. The molecule has 4 aromatic carbocycles. The van der Waals surface area contributed by atoms with Gasteiger partial charge in [-0.1, -0.05) is 80.2 Å². The molecule has 0 unspecified atom stereocenters. The summed E-state index contributed by atoms with van der Waals surface area (Å²) in [5.74, 6) is 0.595. The second-order valence-electron chi connectivity index (χ2n) is 10.0. The third-order valence-corrected chi connectivity index (χ3v) is 8.25. The zero-order chi connectivity index (χ0) is 27.1. The average molecular weight is 532 g/mol. The predicted octanol–water partition coefficient (Wildman–Crippen LogP) is 7.61. The zero-order valence-electron chi connectivity index (χ0n) is 22.2. The van der Waals surface area contributed by atoms with Crippen molar-refractivity contribution in [1.82, 2.24) is 14.1 Å². The number of benzene rings is 4. The van der Waals surface area contributed by atoms with Crippen LogP contribution in [0.15, 0.2) is 101 Å². The van der Waals surface area contributed by atoms with Gasteiger partial charge in [-0.2, -0.15) is 0 Å². The average Bonchev–Trinajstić information content (AvgIpc) is 3.29. The number of Topliss-reactive ketones (excluding diaryl/α,β-unsaturated/α-hetero) is 1. The van der Waals surface area contributed by atoms with Gasteiger partial charge in [-0.15, -0.1) is 0 Å². The van der Waals surface area contributed by atoms with Gasteiger partial charge in [-0.3, -0.25) is 14.2 Å². The maximum Gasteiger partial charge on any atom is 0.266 e. The number of hydrogen-bond donors (Lipinski definition) is 0. The lowest BCUT2D eigenvalue weighted by Crippen LogP contribution is -2.22. The van der Waals surface area contributed by atoms with Gasteiger partial charge in [0.2, 0.25) is 0 Å². The molecule has 0 aliphatic rings. The Kier molecular flexibility index (Phi) is 6.57. The summed E-state index contributed by atoms with van der Waals surface area (Å²) >= 11 is 1.30. The molecule has 39 heavy (non-hydrogen) atoms. The minimum absolute atomic E-state index is 0.00531. The molecule has 6 aromatic rings. The van der Waals surface area contributed by atoms with E-state index in [1.807, 2.05) is 60.7 Å². The first-order chi connectivity index (χ1) is 19.0. The summed E-state index contributed by atoms with van der Waals surface area (Å²) in [4.78, 5) is 31.8. The van der Waals surface area contributed by atoms with E-state index in [-0.39, 0.29) is 17.1 Å². The zero-order valence-corrected chi connectivity index (χ0v) is 23.0. The highest BCUT2D eigenvalue weighted by molar-refractivity contribution is 7.99. The predicted molar refractivity (Wildman–Crippen MR) is 162 cm³/mol. The lowest BCUT2D eigenvalue weighted by Gasteiger charge is -2.14. The van der Waals surface area contributed by atoms with Gasteiger partial charge >= 0.3 is 0 Å². The highest BCUT2D eigenvalue weighted by atomic mass is 32.2. The molecule has 2 aromatic heterocycles. The maximum atomic E-state index is 13.8. The Morgan fingerprint density at radius 1 is 0.846 bits per heavy atom. The van der Waals surface area contributed by atoms with E-state index in [1.165, 1.54) is 22.8 Å². The number of carbonyl (C=O) groups excluding carboxylic acids is 1. The van der Waals surface area contributed by atoms with Gasteiger partial charge < -0.3 is 4.57 Å². The molecule has 2 heterocycles. The first kappa shape index (κ1) is 25.1. The van der Waals surface area contributed by atoms with Gasteiger partial charge in [-0.25, -0.2) is 4.98 Å². The fourth-order valence-corrected chi connectivity index (χ4v) is 6.13. The molecule has 0 aliphatic heterocycles. The number of hydrogen-bond acceptors (Lipinski definition) is 4. The highest BCUT2D eigenvalue weighted by Gasteiger charge is 2.17. The van der Waals surface area contributed by atoms with Crippen LogP contribution in [0, 0.1) is 0 Å². The normalized spacial score (nSPS) is 11.7. The number of ketones is 1. The first-order valence-corrected chi connectivity index (χ1v) is 14.2. The van der Waals surface area contributed by atoms with Gasteiger partial charge in [0.1, 0.15) is 0 Å². The molecule has 0 amide bonds. The van der Waals surface area contributed by atoms with Crippen LogP contribution < -0.4 is 5.56 Å². The minimum Gasteiger partial charge on any atom is -0.341 e. The smallest absolute Gasteiger partial charge is 0.266 e. The van der Waals surface area contributed by atoms with Crippen LogP contribution >= 0.6 is 11.8 Å². The van der Waals surface area contributed by atoms with Crippen LogP contribution in [-0.2, 0) is 6.54 Å². The topological polar surface area (TPSA) is 56.9 Å². The van der Waals surface area contributed by atoms with Crippen LogP contribution in [0.1, 0.15) is 42.6 Å². The molecule has 5 nitrogen and oxygen atoms in total. The second kappa shape index (κ2) is 10.2. The molecule has 0 saturated heterocycles. The molecule has 6 heteroatoms. The Balaban J connectivity index is 1.45. The maximum absolute atomic E-state index is 13.8. The minimum atomic E-state index is -0.143. The Morgan fingerprint density at radius 3 is 2.28 bits per heavy atom. The Morgan fingerprint density at radius 2 is 1.54 bits per heavy atom. The third kappa shape index (κ3) is 4.45. The lowest BCUT2D eigenvalue weighted by molar-refractivity contribution is 0.102. The van der Waals surface area contributed by atoms with E-state index in [4.69, 9.17) is 4.98 Å². The van der Waals surface area contributed by atoms with Gasteiger partial charge in [-0.05, 0) is 54.8 Å².